The molecule has 0 aromatic heterocycles. The molecule has 0 heterocycles. The number of aliphatic hydroxyl groups is 1. The molecule has 2 nitrogen and oxygen atoms in total. The molecule has 96 valence electrons. The van der Waals surface area contributed by atoms with Gasteiger partial charge in [0.15, 0.2) is 0 Å². The highest BCUT2D eigenvalue weighted by atomic mass is 16.3. The summed E-state index contributed by atoms with van der Waals surface area (Å²) in [5.74, 6) is 1.13. The Morgan fingerprint density at radius 1 is 1.31 bits per heavy atom. The largest absolute Gasteiger partial charge is 0.389 e. The molecular formula is C14H29NO. The van der Waals surface area contributed by atoms with E-state index in [-0.39, 0.29) is 0 Å². The SMILES string of the molecule is CCC1CCCCC1NCC(C)(O)C(C)C. The first kappa shape index (κ1) is 14.0. The minimum absolute atomic E-state index is 0.309. The maximum Gasteiger partial charge on any atom is 0.0766 e. The molecule has 0 saturated heterocycles. The number of hydrogen-bond donors (Lipinski definition) is 2. The Morgan fingerprint density at radius 2 is 1.94 bits per heavy atom. The van der Waals surface area contributed by atoms with Crippen LogP contribution in [0.2, 0.25) is 0 Å². The molecule has 16 heavy (non-hydrogen) atoms. The van der Waals surface area contributed by atoms with Crippen LogP contribution in [-0.4, -0.2) is 23.3 Å². The van der Waals surface area contributed by atoms with Crippen LogP contribution >= 0.6 is 0 Å². The van der Waals surface area contributed by atoms with E-state index in [0.29, 0.717) is 12.0 Å². The molecule has 3 unspecified atom stereocenters. The summed E-state index contributed by atoms with van der Waals surface area (Å²) < 4.78 is 0. The van der Waals surface area contributed by atoms with Gasteiger partial charge in [0.05, 0.1) is 5.60 Å². The van der Waals surface area contributed by atoms with Crippen LogP contribution in [0.4, 0.5) is 0 Å². The topological polar surface area (TPSA) is 32.3 Å². The molecule has 0 radical (unpaired) electrons. The summed E-state index contributed by atoms with van der Waals surface area (Å²) in [5.41, 5.74) is -0.574. The maximum absolute atomic E-state index is 10.2. The van der Waals surface area contributed by atoms with Crippen molar-refractivity contribution in [3.8, 4) is 0 Å². The molecule has 0 aromatic rings. The van der Waals surface area contributed by atoms with E-state index in [0.717, 1.165) is 12.5 Å². The van der Waals surface area contributed by atoms with Gasteiger partial charge in [-0.15, -0.1) is 0 Å². The minimum atomic E-state index is -0.574. The fourth-order valence-electron chi connectivity index (χ4n) is 2.51. The van der Waals surface area contributed by atoms with Gasteiger partial charge in [0.25, 0.3) is 0 Å². The third-order valence-corrected chi connectivity index (χ3v) is 4.40. The summed E-state index contributed by atoms with van der Waals surface area (Å²) in [4.78, 5) is 0. The van der Waals surface area contributed by atoms with E-state index in [1.165, 1.54) is 32.1 Å². The molecule has 2 N–H and O–H groups in total. The van der Waals surface area contributed by atoms with Crippen LogP contribution in [0.5, 0.6) is 0 Å². The van der Waals surface area contributed by atoms with Crippen molar-refractivity contribution in [3.63, 3.8) is 0 Å². The summed E-state index contributed by atoms with van der Waals surface area (Å²) >= 11 is 0. The van der Waals surface area contributed by atoms with E-state index in [9.17, 15) is 5.11 Å². The first-order valence-corrected chi connectivity index (χ1v) is 6.93. The second-order valence-electron chi connectivity index (χ2n) is 5.95. The molecule has 1 aliphatic carbocycles. The van der Waals surface area contributed by atoms with Gasteiger partial charge in [-0.1, -0.05) is 40.0 Å². The lowest BCUT2D eigenvalue weighted by atomic mass is 9.82. The average Bonchev–Trinajstić information content (AvgIpc) is 2.26. The van der Waals surface area contributed by atoms with Gasteiger partial charge in [-0.25, -0.2) is 0 Å². The quantitative estimate of drug-likeness (QED) is 0.757. The Labute approximate surface area is 101 Å². The fourth-order valence-corrected chi connectivity index (χ4v) is 2.51. The van der Waals surface area contributed by atoms with E-state index in [2.05, 4.69) is 26.1 Å². The molecule has 0 bridgehead atoms. The van der Waals surface area contributed by atoms with Crippen LogP contribution in [-0.2, 0) is 0 Å². The molecule has 2 heteroatoms. The monoisotopic (exact) mass is 227 g/mol. The van der Waals surface area contributed by atoms with Crippen molar-refractivity contribution in [2.24, 2.45) is 11.8 Å². The highest BCUT2D eigenvalue weighted by Gasteiger charge is 2.28. The molecule has 1 saturated carbocycles. The molecule has 0 aliphatic heterocycles. The van der Waals surface area contributed by atoms with Gasteiger partial charge >= 0.3 is 0 Å². The van der Waals surface area contributed by atoms with Crippen molar-refractivity contribution in [1.82, 2.24) is 5.32 Å². The highest BCUT2D eigenvalue weighted by molar-refractivity contribution is 4.85. The van der Waals surface area contributed by atoms with E-state index in [1.807, 2.05) is 6.92 Å². The van der Waals surface area contributed by atoms with Gasteiger partial charge in [-0.2, -0.15) is 0 Å². The third kappa shape index (κ3) is 3.74. The van der Waals surface area contributed by atoms with Crippen molar-refractivity contribution in [1.29, 1.82) is 0 Å². The Kier molecular flexibility index (Phi) is 5.26. The van der Waals surface area contributed by atoms with Gasteiger partial charge in [-0.3, -0.25) is 0 Å². The smallest absolute Gasteiger partial charge is 0.0766 e. The van der Waals surface area contributed by atoms with E-state index in [1.54, 1.807) is 0 Å². The molecule has 1 rings (SSSR count). The average molecular weight is 227 g/mol. The van der Waals surface area contributed by atoms with Gasteiger partial charge in [0, 0.05) is 12.6 Å². The van der Waals surface area contributed by atoms with E-state index >= 15 is 0 Å². The summed E-state index contributed by atoms with van der Waals surface area (Å²) in [7, 11) is 0. The number of hydrogen-bond acceptors (Lipinski definition) is 2. The summed E-state index contributed by atoms with van der Waals surface area (Å²) in [6, 6.07) is 0.629. The van der Waals surface area contributed by atoms with Crippen molar-refractivity contribution >= 4 is 0 Å². The number of rotatable bonds is 5. The van der Waals surface area contributed by atoms with Crippen LogP contribution in [0, 0.1) is 11.8 Å². The Balaban J connectivity index is 2.40. The van der Waals surface area contributed by atoms with Gasteiger partial charge in [0.1, 0.15) is 0 Å². The van der Waals surface area contributed by atoms with Crippen LogP contribution in [0.1, 0.15) is 59.8 Å². The second kappa shape index (κ2) is 6.02. The Hall–Kier alpha value is -0.0800. The van der Waals surface area contributed by atoms with Crippen molar-refractivity contribution in [3.05, 3.63) is 0 Å². The maximum atomic E-state index is 10.2. The molecular weight excluding hydrogens is 198 g/mol. The molecule has 0 spiro atoms. The normalized spacial score (nSPS) is 30.4. The van der Waals surface area contributed by atoms with E-state index in [4.69, 9.17) is 0 Å². The summed E-state index contributed by atoms with van der Waals surface area (Å²) in [6.07, 6.45) is 6.64. The lowest BCUT2D eigenvalue weighted by molar-refractivity contribution is 0.00842. The van der Waals surface area contributed by atoms with Gasteiger partial charge in [0.2, 0.25) is 0 Å². The molecule has 0 amide bonds. The second-order valence-corrected chi connectivity index (χ2v) is 5.95. The van der Waals surface area contributed by atoms with E-state index < -0.39 is 5.60 Å². The molecule has 0 aromatic carbocycles. The van der Waals surface area contributed by atoms with Crippen molar-refractivity contribution < 1.29 is 5.11 Å². The zero-order valence-corrected chi connectivity index (χ0v) is 11.4. The lowest BCUT2D eigenvalue weighted by Gasteiger charge is -2.36. The molecule has 1 aliphatic rings. The third-order valence-electron chi connectivity index (χ3n) is 4.40. The van der Waals surface area contributed by atoms with Crippen molar-refractivity contribution in [2.45, 2.75) is 71.4 Å². The predicted octanol–water partition coefficient (Wildman–Crippen LogP) is 2.95. The van der Waals surface area contributed by atoms with Crippen LogP contribution in [0.25, 0.3) is 0 Å². The van der Waals surface area contributed by atoms with Gasteiger partial charge in [-0.05, 0) is 31.6 Å². The predicted molar refractivity (Wildman–Crippen MR) is 69.5 cm³/mol. The minimum Gasteiger partial charge on any atom is -0.389 e. The van der Waals surface area contributed by atoms with Crippen LogP contribution in [0.15, 0.2) is 0 Å². The Bertz CT molecular complexity index is 201. The number of nitrogens with one attached hydrogen (secondary N) is 1. The zero-order valence-electron chi connectivity index (χ0n) is 11.4. The first-order chi connectivity index (χ1) is 7.47. The summed E-state index contributed by atoms with van der Waals surface area (Å²) in [5, 5.41) is 13.8. The highest BCUT2D eigenvalue weighted by Crippen LogP contribution is 2.27. The van der Waals surface area contributed by atoms with Crippen LogP contribution in [0.3, 0.4) is 0 Å². The van der Waals surface area contributed by atoms with Crippen molar-refractivity contribution in [2.75, 3.05) is 6.54 Å². The van der Waals surface area contributed by atoms with Gasteiger partial charge < -0.3 is 10.4 Å². The van der Waals surface area contributed by atoms with Crippen LogP contribution < -0.4 is 5.32 Å². The lowest BCUT2D eigenvalue weighted by Crippen LogP contribution is -2.48. The molecule has 1 fully saturated rings. The Morgan fingerprint density at radius 3 is 2.50 bits per heavy atom. The fraction of sp³-hybridized carbons (Fsp3) is 1.00. The standard InChI is InChI=1S/C14H29NO/c1-5-12-8-6-7-9-13(12)15-10-14(4,16)11(2)3/h11-13,15-16H,5-10H2,1-4H3. The molecule has 3 atom stereocenters. The first-order valence-electron chi connectivity index (χ1n) is 6.93. The summed E-state index contributed by atoms with van der Waals surface area (Å²) in [6.45, 7) is 9.12. The zero-order chi connectivity index (χ0) is 12.2.